The topological polar surface area (TPSA) is 26.3 Å². The van der Waals surface area contributed by atoms with Crippen LogP contribution in [0.15, 0.2) is 42.5 Å². The minimum atomic E-state index is 0.0569. The fraction of sp³-hybridized carbons (Fsp3) is 0.381. The van der Waals surface area contributed by atoms with Crippen molar-refractivity contribution >= 4 is 16.6 Å². The summed E-state index contributed by atoms with van der Waals surface area (Å²) in [6.07, 6.45) is 8.39. The summed E-state index contributed by atoms with van der Waals surface area (Å²) >= 11 is 0. The van der Waals surface area contributed by atoms with Crippen molar-refractivity contribution in [2.24, 2.45) is 11.8 Å². The molecule has 116 valence electrons. The number of ketones is 1. The summed E-state index contributed by atoms with van der Waals surface area (Å²) < 4.78 is 5.52. The van der Waals surface area contributed by atoms with E-state index in [1.54, 1.807) is 7.11 Å². The van der Waals surface area contributed by atoms with Crippen LogP contribution in [0.1, 0.15) is 30.4 Å². The van der Waals surface area contributed by atoms with E-state index in [4.69, 9.17) is 4.74 Å². The fourth-order valence-electron chi connectivity index (χ4n) is 5.32. The number of allylic oxidation sites excluding steroid dienone is 2. The Morgan fingerprint density at radius 3 is 2.87 bits per heavy atom. The monoisotopic (exact) mass is 304 g/mol. The Morgan fingerprint density at radius 1 is 1.22 bits per heavy atom. The molecule has 5 rings (SSSR count). The lowest BCUT2D eigenvalue weighted by Crippen LogP contribution is -2.38. The number of ether oxygens (including phenoxy) is 1. The highest BCUT2D eigenvalue weighted by atomic mass is 16.5. The second kappa shape index (κ2) is 4.47. The minimum Gasteiger partial charge on any atom is -0.496 e. The molecule has 1 saturated carbocycles. The van der Waals surface area contributed by atoms with Gasteiger partial charge in [0.05, 0.1) is 7.11 Å². The van der Waals surface area contributed by atoms with Crippen LogP contribution in [0, 0.1) is 11.8 Å². The first-order valence-corrected chi connectivity index (χ1v) is 8.50. The van der Waals surface area contributed by atoms with Gasteiger partial charge in [-0.05, 0) is 53.3 Å². The number of methoxy groups -OCH3 is 1. The molecule has 0 aromatic heterocycles. The summed E-state index contributed by atoms with van der Waals surface area (Å²) in [5.41, 5.74) is 2.70. The van der Waals surface area contributed by atoms with Gasteiger partial charge in [0, 0.05) is 23.6 Å². The van der Waals surface area contributed by atoms with Gasteiger partial charge in [0.25, 0.3) is 0 Å². The van der Waals surface area contributed by atoms with Gasteiger partial charge in [-0.2, -0.15) is 0 Å². The van der Waals surface area contributed by atoms with Gasteiger partial charge in [0.15, 0.2) is 0 Å². The van der Waals surface area contributed by atoms with Gasteiger partial charge in [-0.1, -0.05) is 30.4 Å². The highest BCUT2D eigenvalue weighted by Gasteiger charge is 2.52. The molecule has 3 aliphatic carbocycles. The van der Waals surface area contributed by atoms with Crippen molar-refractivity contribution in [2.45, 2.75) is 31.1 Å². The molecule has 0 amide bonds. The Bertz CT molecular complexity index is 864. The molecule has 0 N–H and O–H groups in total. The Labute approximate surface area is 136 Å². The van der Waals surface area contributed by atoms with Crippen LogP contribution in [-0.4, -0.2) is 12.9 Å². The first-order chi connectivity index (χ1) is 11.2. The predicted molar refractivity (Wildman–Crippen MR) is 90.9 cm³/mol. The van der Waals surface area contributed by atoms with E-state index in [0.717, 1.165) is 24.0 Å². The van der Waals surface area contributed by atoms with E-state index < -0.39 is 0 Å². The van der Waals surface area contributed by atoms with Crippen LogP contribution >= 0.6 is 0 Å². The summed E-state index contributed by atoms with van der Waals surface area (Å²) in [6, 6.07) is 10.8. The zero-order chi connectivity index (χ0) is 15.6. The van der Waals surface area contributed by atoms with Crippen LogP contribution in [0.2, 0.25) is 0 Å². The summed E-state index contributed by atoms with van der Waals surface area (Å²) in [5.74, 6) is 2.50. The van der Waals surface area contributed by atoms with Gasteiger partial charge in [-0.15, -0.1) is 0 Å². The number of hydrogen-bond donors (Lipinski definition) is 0. The molecule has 0 saturated heterocycles. The number of Topliss-reactive ketones (excluding diaryl/α,β-unsaturated/α-hetero) is 1. The zero-order valence-electron chi connectivity index (χ0n) is 13.3. The third kappa shape index (κ3) is 1.72. The Kier molecular flexibility index (Phi) is 2.60. The molecular formula is C21H20O2. The SMILES string of the molecule is COc1cccc2cc3c(cc12)CC(=O)CC31CC2C=CC1C2. The summed E-state index contributed by atoms with van der Waals surface area (Å²) in [5, 5.41) is 2.35. The van der Waals surface area contributed by atoms with Crippen LogP contribution in [0.4, 0.5) is 0 Å². The maximum absolute atomic E-state index is 12.5. The lowest BCUT2D eigenvalue weighted by Gasteiger charge is -2.40. The minimum absolute atomic E-state index is 0.0569. The van der Waals surface area contributed by atoms with Gasteiger partial charge >= 0.3 is 0 Å². The van der Waals surface area contributed by atoms with Crippen LogP contribution in [0.5, 0.6) is 5.75 Å². The summed E-state index contributed by atoms with van der Waals surface area (Å²) in [7, 11) is 1.71. The third-order valence-corrected chi connectivity index (χ3v) is 6.23. The lowest BCUT2D eigenvalue weighted by molar-refractivity contribution is -0.120. The molecule has 0 radical (unpaired) electrons. The maximum Gasteiger partial charge on any atom is 0.138 e. The lowest BCUT2D eigenvalue weighted by atomic mass is 9.62. The van der Waals surface area contributed by atoms with E-state index in [1.807, 2.05) is 6.07 Å². The van der Waals surface area contributed by atoms with Crippen molar-refractivity contribution in [1.29, 1.82) is 0 Å². The average Bonchev–Trinajstić information content (AvgIpc) is 3.14. The normalized spacial score (nSPS) is 31.1. The second-order valence-electron chi connectivity index (χ2n) is 7.43. The Balaban J connectivity index is 1.78. The first kappa shape index (κ1) is 13.4. The predicted octanol–water partition coefficient (Wildman–Crippen LogP) is 4.20. The van der Waals surface area contributed by atoms with Crippen LogP contribution < -0.4 is 4.74 Å². The molecule has 0 aliphatic heterocycles. The van der Waals surface area contributed by atoms with Crippen molar-refractivity contribution in [3.8, 4) is 5.75 Å². The fourth-order valence-corrected chi connectivity index (χ4v) is 5.32. The molecular weight excluding hydrogens is 284 g/mol. The molecule has 3 unspecified atom stereocenters. The van der Waals surface area contributed by atoms with Crippen LogP contribution in [0.25, 0.3) is 10.8 Å². The van der Waals surface area contributed by atoms with E-state index in [-0.39, 0.29) is 5.41 Å². The van der Waals surface area contributed by atoms with Gasteiger partial charge in [0.2, 0.25) is 0 Å². The molecule has 2 nitrogen and oxygen atoms in total. The molecule has 2 aromatic carbocycles. The van der Waals surface area contributed by atoms with Crippen molar-refractivity contribution in [3.05, 3.63) is 53.6 Å². The van der Waals surface area contributed by atoms with E-state index in [0.29, 0.717) is 24.0 Å². The molecule has 1 fully saturated rings. The van der Waals surface area contributed by atoms with E-state index in [9.17, 15) is 4.79 Å². The van der Waals surface area contributed by atoms with Gasteiger partial charge in [-0.3, -0.25) is 4.79 Å². The van der Waals surface area contributed by atoms with E-state index >= 15 is 0 Å². The highest BCUT2D eigenvalue weighted by Crippen LogP contribution is 2.58. The largest absolute Gasteiger partial charge is 0.496 e. The number of benzene rings is 2. The average molecular weight is 304 g/mol. The van der Waals surface area contributed by atoms with E-state index in [1.165, 1.54) is 22.9 Å². The third-order valence-electron chi connectivity index (χ3n) is 6.23. The number of carbonyl (C=O) groups excluding carboxylic acids is 1. The molecule has 23 heavy (non-hydrogen) atoms. The van der Waals surface area contributed by atoms with Crippen molar-refractivity contribution in [3.63, 3.8) is 0 Å². The smallest absolute Gasteiger partial charge is 0.138 e. The maximum atomic E-state index is 12.5. The molecule has 2 heteroatoms. The summed E-state index contributed by atoms with van der Waals surface area (Å²) in [6.45, 7) is 0. The Hall–Kier alpha value is -2.09. The summed E-state index contributed by atoms with van der Waals surface area (Å²) in [4.78, 5) is 12.5. The standard InChI is InChI=1S/C21H20O2/c1-23-20-4-2-3-14-10-19-15(9-18(14)20)8-17(22)12-21(19)11-13-5-6-16(21)7-13/h2-6,9-10,13,16H,7-8,11-12H2,1H3. The quantitative estimate of drug-likeness (QED) is 0.738. The van der Waals surface area contributed by atoms with Gasteiger partial charge in [-0.25, -0.2) is 0 Å². The van der Waals surface area contributed by atoms with E-state index in [2.05, 4.69) is 36.4 Å². The molecule has 2 bridgehead atoms. The van der Waals surface area contributed by atoms with Crippen molar-refractivity contribution < 1.29 is 9.53 Å². The molecule has 3 aliphatic rings. The van der Waals surface area contributed by atoms with Gasteiger partial charge in [0.1, 0.15) is 11.5 Å². The highest BCUT2D eigenvalue weighted by molar-refractivity contribution is 5.93. The van der Waals surface area contributed by atoms with Crippen molar-refractivity contribution in [2.75, 3.05) is 7.11 Å². The Morgan fingerprint density at radius 2 is 2.13 bits per heavy atom. The molecule has 2 aromatic rings. The molecule has 3 atom stereocenters. The van der Waals surface area contributed by atoms with Gasteiger partial charge < -0.3 is 4.74 Å². The van der Waals surface area contributed by atoms with Crippen molar-refractivity contribution in [1.82, 2.24) is 0 Å². The number of fused-ring (bicyclic) bond motifs is 6. The molecule has 0 heterocycles. The first-order valence-electron chi connectivity index (χ1n) is 8.50. The zero-order valence-corrected chi connectivity index (χ0v) is 13.3. The molecule has 1 spiro atoms. The number of rotatable bonds is 1. The number of hydrogen-bond acceptors (Lipinski definition) is 2. The number of carbonyl (C=O) groups is 1. The second-order valence-corrected chi connectivity index (χ2v) is 7.43. The van der Waals surface area contributed by atoms with Crippen LogP contribution in [-0.2, 0) is 16.6 Å². The van der Waals surface area contributed by atoms with Crippen LogP contribution in [0.3, 0.4) is 0 Å².